The van der Waals surface area contributed by atoms with E-state index in [-0.39, 0.29) is 24.4 Å². The van der Waals surface area contributed by atoms with Crippen molar-refractivity contribution in [3.63, 3.8) is 0 Å². The predicted octanol–water partition coefficient (Wildman–Crippen LogP) is 2.23. The molecular formula is C18H19N5O3S. The number of rotatable bonds is 6. The first-order valence-corrected chi connectivity index (χ1v) is 9.54. The highest BCUT2D eigenvalue weighted by Gasteiger charge is 2.31. The summed E-state index contributed by atoms with van der Waals surface area (Å²) in [6.45, 7) is 1.25. The average molecular weight is 385 g/mol. The van der Waals surface area contributed by atoms with Gasteiger partial charge in [-0.1, -0.05) is 0 Å². The van der Waals surface area contributed by atoms with Gasteiger partial charge in [-0.15, -0.1) is 11.3 Å². The molecule has 1 saturated heterocycles. The first-order valence-electron chi connectivity index (χ1n) is 8.73. The molecule has 0 saturated carbocycles. The van der Waals surface area contributed by atoms with Gasteiger partial charge in [-0.3, -0.25) is 9.59 Å². The molecule has 1 aliphatic heterocycles. The van der Waals surface area contributed by atoms with Crippen LogP contribution in [-0.2, 0) is 17.9 Å². The van der Waals surface area contributed by atoms with Gasteiger partial charge in [0.1, 0.15) is 25.0 Å². The number of hydrogen-bond acceptors (Lipinski definition) is 6. The van der Waals surface area contributed by atoms with E-state index in [1.165, 1.54) is 28.7 Å². The quantitative estimate of drug-likeness (QED) is 0.702. The molecule has 1 fully saturated rings. The lowest BCUT2D eigenvalue weighted by Crippen LogP contribution is -2.33. The minimum absolute atomic E-state index is 0.0117. The molecule has 0 radical (unpaired) electrons. The van der Waals surface area contributed by atoms with Crippen LogP contribution in [0.3, 0.4) is 0 Å². The molecule has 4 rings (SSSR count). The van der Waals surface area contributed by atoms with Gasteiger partial charge in [-0.25, -0.2) is 9.67 Å². The van der Waals surface area contributed by atoms with Crippen LogP contribution < -0.4 is 5.32 Å². The van der Waals surface area contributed by atoms with E-state index in [4.69, 9.17) is 4.42 Å². The Kier molecular flexibility index (Phi) is 5.01. The number of carbonyl (C=O) groups excluding carboxylic acids is 2. The third-order valence-electron chi connectivity index (χ3n) is 4.52. The summed E-state index contributed by atoms with van der Waals surface area (Å²) in [5, 5.41) is 6.84. The van der Waals surface area contributed by atoms with Crippen LogP contribution in [-0.4, -0.2) is 38.0 Å². The van der Waals surface area contributed by atoms with E-state index >= 15 is 0 Å². The molecule has 1 aliphatic rings. The zero-order valence-electron chi connectivity index (χ0n) is 14.6. The SMILES string of the molecule is O=C(NCc1ccco1)c1ccc([C@@H]2CCCN2C(=O)Cn2cncn2)s1. The number of amides is 2. The van der Waals surface area contributed by atoms with Gasteiger partial charge in [0.05, 0.1) is 23.7 Å². The van der Waals surface area contributed by atoms with Crippen LogP contribution in [0.4, 0.5) is 0 Å². The molecule has 1 N–H and O–H groups in total. The van der Waals surface area contributed by atoms with Gasteiger partial charge in [0.15, 0.2) is 0 Å². The molecule has 2 amide bonds. The molecule has 0 unspecified atom stereocenters. The monoisotopic (exact) mass is 385 g/mol. The van der Waals surface area contributed by atoms with Crippen molar-refractivity contribution in [2.24, 2.45) is 0 Å². The Hall–Kier alpha value is -2.94. The Labute approximate surface area is 159 Å². The molecule has 3 aromatic heterocycles. The second-order valence-corrected chi connectivity index (χ2v) is 7.42. The summed E-state index contributed by atoms with van der Waals surface area (Å²) >= 11 is 1.43. The first-order chi connectivity index (χ1) is 13.2. The number of furan rings is 1. The van der Waals surface area contributed by atoms with E-state index in [9.17, 15) is 9.59 Å². The fraction of sp³-hybridized carbons (Fsp3) is 0.333. The highest BCUT2D eigenvalue weighted by atomic mass is 32.1. The number of carbonyl (C=O) groups is 2. The molecule has 0 aliphatic carbocycles. The fourth-order valence-corrected chi connectivity index (χ4v) is 4.30. The summed E-state index contributed by atoms with van der Waals surface area (Å²) in [5.41, 5.74) is 0. The van der Waals surface area contributed by atoms with Crippen LogP contribution in [0.5, 0.6) is 0 Å². The lowest BCUT2D eigenvalue weighted by Gasteiger charge is -2.23. The summed E-state index contributed by atoms with van der Waals surface area (Å²) in [6.07, 6.45) is 6.38. The van der Waals surface area contributed by atoms with E-state index in [1.807, 2.05) is 23.1 Å². The first kappa shape index (κ1) is 17.5. The van der Waals surface area contributed by atoms with Gasteiger partial charge < -0.3 is 14.6 Å². The highest BCUT2D eigenvalue weighted by Crippen LogP contribution is 2.36. The van der Waals surface area contributed by atoms with Crippen LogP contribution in [0, 0.1) is 0 Å². The number of nitrogens with one attached hydrogen (secondary N) is 1. The van der Waals surface area contributed by atoms with Gasteiger partial charge in [0, 0.05) is 11.4 Å². The maximum Gasteiger partial charge on any atom is 0.261 e. The van der Waals surface area contributed by atoms with Crippen molar-refractivity contribution >= 4 is 23.2 Å². The third kappa shape index (κ3) is 3.92. The van der Waals surface area contributed by atoms with Crippen LogP contribution in [0.2, 0.25) is 0 Å². The second kappa shape index (κ2) is 7.75. The van der Waals surface area contributed by atoms with Crippen molar-refractivity contribution < 1.29 is 14.0 Å². The molecule has 140 valence electrons. The van der Waals surface area contributed by atoms with Gasteiger partial charge in [0.2, 0.25) is 5.91 Å². The number of hydrogen-bond donors (Lipinski definition) is 1. The van der Waals surface area contributed by atoms with E-state index in [0.717, 1.165) is 24.3 Å². The molecule has 27 heavy (non-hydrogen) atoms. The summed E-state index contributed by atoms with van der Waals surface area (Å²) < 4.78 is 6.75. The van der Waals surface area contributed by atoms with E-state index in [0.29, 0.717) is 17.2 Å². The van der Waals surface area contributed by atoms with E-state index < -0.39 is 0 Å². The smallest absolute Gasteiger partial charge is 0.261 e. The largest absolute Gasteiger partial charge is 0.467 e. The Morgan fingerprint density at radius 3 is 3.04 bits per heavy atom. The maximum absolute atomic E-state index is 12.6. The zero-order chi connectivity index (χ0) is 18.6. The van der Waals surface area contributed by atoms with Crippen LogP contribution in [0.15, 0.2) is 47.6 Å². The Balaban J connectivity index is 1.40. The molecule has 0 bridgehead atoms. The van der Waals surface area contributed by atoms with Crippen molar-refractivity contribution in [1.29, 1.82) is 0 Å². The van der Waals surface area contributed by atoms with Crippen molar-refractivity contribution in [2.75, 3.05) is 6.54 Å². The predicted molar refractivity (Wildman–Crippen MR) is 97.9 cm³/mol. The standard InChI is InChI=1S/C18H19N5O3S/c24-17(10-22-12-19-11-21-22)23-7-1-4-14(23)15-5-6-16(27-15)18(25)20-9-13-3-2-8-26-13/h2-3,5-6,8,11-12,14H,1,4,7,9-10H2,(H,20,25)/t14-/m0/s1. The maximum atomic E-state index is 12.6. The van der Waals surface area contributed by atoms with Crippen LogP contribution in [0.25, 0.3) is 0 Å². The summed E-state index contributed by atoms with van der Waals surface area (Å²) in [4.78, 5) is 32.4. The fourth-order valence-electron chi connectivity index (χ4n) is 3.23. The van der Waals surface area contributed by atoms with Crippen molar-refractivity contribution in [3.8, 4) is 0 Å². The number of likely N-dealkylation sites (tertiary alicyclic amines) is 1. The van der Waals surface area contributed by atoms with Crippen molar-refractivity contribution in [2.45, 2.75) is 32.0 Å². The third-order valence-corrected chi connectivity index (χ3v) is 5.70. The molecule has 0 spiro atoms. The number of thiophene rings is 1. The summed E-state index contributed by atoms with van der Waals surface area (Å²) in [6, 6.07) is 7.37. The van der Waals surface area contributed by atoms with E-state index in [2.05, 4.69) is 15.4 Å². The molecule has 9 heteroatoms. The lowest BCUT2D eigenvalue weighted by molar-refractivity contribution is -0.132. The van der Waals surface area contributed by atoms with Crippen LogP contribution >= 0.6 is 11.3 Å². The number of aromatic nitrogens is 3. The zero-order valence-corrected chi connectivity index (χ0v) is 15.4. The highest BCUT2D eigenvalue weighted by molar-refractivity contribution is 7.14. The summed E-state index contributed by atoms with van der Waals surface area (Å²) in [7, 11) is 0. The summed E-state index contributed by atoms with van der Waals surface area (Å²) in [5.74, 6) is 0.585. The Morgan fingerprint density at radius 1 is 1.33 bits per heavy atom. The average Bonchev–Trinajstić information content (AvgIpc) is 3.47. The molecule has 0 aromatic carbocycles. The number of nitrogens with zero attached hydrogens (tertiary/aromatic N) is 4. The van der Waals surface area contributed by atoms with E-state index in [1.54, 1.807) is 12.3 Å². The molecule has 4 heterocycles. The van der Waals surface area contributed by atoms with Gasteiger partial charge in [0.25, 0.3) is 5.91 Å². The van der Waals surface area contributed by atoms with Crippen LogP contribution in [0.1, 0.15) is 39.2 Å². The normalized spacial score (nSPS) is 16.6. The minimum atomic E-state index is -0.138. The molecular weight excluding hydrogens is 366 g/mol. The van der Waals surface area contributed by atoms with Crippen molar-refractivity contribution in [1.82, 2.24) is 25.0 Å². The molecule has 8 nitrogen and oxygen atoms in total. The Morgan fingerprint density at radius 2 is 2.26 bits per heavy atom. The topological polar surface area (TPSA) is 93.3 Å². The minimum Gasteiger partial charge on any atom is -0.467 e. The Bertz CT molecular complexity index is 903. The molecule has 1 atom stereocenters. The second-order valence-electron chi connectivity index (χ2n) is 6.30. The van der Waals surface area contributed by atoms with Crippen molar-refractivity contribution in [3.05, 3.63) is 58.7 Å². The lowest BCUT2D eigenvalue weighted by atomic mass is 10.2. The van der Waals surface area contributed by atoms with Gasteiger partial charge in [-0.2, -0.15) is 5.10 Å². The van der Waals surface area contributed by atoms with Gasteiger partial charge in [-0.05, 0) is 37.1 Å². The van der Waals surface area contributed by atoms with Gasteiger partial charge >= 0.3 is 0 Å². The molecule has 3 aromatic rings.